The summed E-state index contributed by atoms with van der Waals surface area (Å²) in [7, 11) is 1.50. The normalized spacial score (nSPS) is 14.1. The average molecular weight is 220 g/mol. The van der Waals surface area contributed by atoms with Crippen molar-refractivity contribution in [2.75, 3.05) is 20.3 Å². The quantitative estimate of drug-likeness (QED) is 0.448. The Morgan fingerprint density at radius 3 is 2.53 bits per heavy atom. The standard InChI is InChI=1S/C8H16N2O5/c1-5(4-15-2)10-8(14)9-3-6(11)7(12)13/h5-6,11H,3-4H2,1-2H3,(H,12,13)(H2,9,10,14)/t5?,6-/m0/s1. The Hall–Kier alpha value is -1.34. The molecule has 0 aromatic rings. The number of carboxylic acid groups (broad SMARTS) is 1. The van der Waals surface area contributed by atoms with Crippen LogP contribution in [0.5, 0.6) is 0 Å². The van der Waals surface area contributed by atoms with Gasteiger partial charge in [-0.3, -0.25) is 0 Å². The van der Waals surface area contributed by atoms with E-state index >= 15 is 0 Å². The van der Waals surface area contributed by atoms with E-state index in [4.69, 9.17) is 14.9 Å². The van der Waals surface area contributed by atoms with E-state index in [0.29, 0.717) is 6.61 Å². The maximum atomic E-state index is 11.1. The topological polar surface area (TPSA) is 108 Å². The molecule has 4 N–H and O–H groups in total. The third kappa shape index (κ3) is 6.69. The lowest BCUT2D eigenvalue weighted by Gasteiger charge is -2.14. The number of aliphatic hydroxyl groups excluding tert-OH is 1. The van der Waals surface area contributed by atoms with Crippen LogP contribution in [0.25, 0.3) is 0 Å². The molecule has 7 heteroatoms. The minimum absolute atomic E-state index is 0.183. The highest BCUT2D eigenvalue weighted by Crippen LogP contribution is 1.83. The molecule has 0 saturated heterocycles. The van der Waals surface area contributed by atoms with E-state index in [0.717, 1.165) is 0 Å². The first kappa shape index (κ1) is 13.7. The van der Waals surface area contributed by atoms with Crippen LogP contribution in [0.15, 0.2) is 0 Å². The number of nitrogens with one attached hydrogen (secondary N) is 2. The maximum absolute atomic E-state index is 11.1. The van der Waals surface area contributed by atoms with E-state index in [1.807, 2.05) is 0 Å². The van der Waals surface area contributed by atoms with Gasteiger partial charge >= 0.3 is 12.0 Å². The fourth-order valence-electron chi connectivity index (χ4n) is 0.843. The second kappa shape index (κ2) is 7.02. The number of hydrogen-bond acceptors (Lipinski definition) is 4. The Bertz CT molecular complexity index is 221. The Morgan fingerprint density at radius 2 is 2.07 bits per heavy atom. The lowest BCUT2D eigenvalue weighted by Crippen LogP contribution is -2.46. The van der Waals surface area contributed by atoms with Gasteiger partial charge < -0.3 is 25.6 Å². The van der Waals surface area contributed by atoms with Crippen molar-refractivity contribution in [3.05, 3.63) is 0 Å². The molecule has 0 fully saturated rings. The van der Waals surface area contributed by atoms with Crippen LogP contribution >= 0.6 is 0 Å². The molecule has 88 valence electrons. The molecule has 0 aromatic heterocycles. The van der Waals surface area contributed by atoms with Crippen LogP contribution in [-0.4, -0.2) is 54.6 Å². The minimum atomic E-state index is -1.59. The third-order valence-corrected chi connectivity index (χ3v) is 1.54. The largest absolute Gasteiger partial charge is 0.479 e. The van der Waals surface area contributed by atoms with Crippen molar-refractivity contribution in [3.63, 3.8) is 0 Å². The molecule has 7 nitrogen and oxygen atoms in total. The van der Waals surface area contributed by atoms with Crippen LogP contribution in [0, 0.1) is 0 Å². The van der Waals surface area contributed by atoms with Crippen molar-refractivity contribution in [1.29, 1.82) is 0 Å². The zero-order chi connectivity index (χ0) is 11.8. The number of aliphatic hydroxyl groups is 1. The van der Waals surface area contributed by atoms with Gasteiger partial charge in [0, 0.05) is 7.11 Å². The minimum Gasteiger partial charge on any atom is -0.479 e. The summed E-state index contributed by atoms with van der Waals surface area (Å²) in [4.78, 5) is 21.3. The molecule has 0 heterocycles. The Balaban J connectivity index is 3.70. The predicted octanol–water partition coefficient (Wildman–Crippen LogP) is -1.23. The molecule has 0 saturated carbocycles. The van der Waals surface area contributed by atoms with E-state index < -0.39 is 18.1 Å². The van der Waals surface area contributed by atoms with Gasteiger partial charge in [-0.05, 0) is 6.92 Å². The summed E-state index contributed by atoms with van der Waals surface area (Å²) >= 11 is 0. The van der Waals surface area contributed by atoms with E-state index in [1.54, 1.807) is 6.92 Å². The highest BCUT2D eigenvalue weighted by Gasteiger charge is 2.14. The number of urea groups is 1. The molecule has 2 atom stereocenters. The number of carboxylic acids is 1. The number of amides is 2. The summed E-state index contributed by atoms with van der Waals surface area (Å²) in [6, 6.07) is -0.725. The van der Waals surface area contributed by atoms with Crippen LogP contribution in [0.4, 0.5) is 4.79 Å². The van der Waals surface area contributed by atoms with Gasteiger partial charge in [-0.25, -0.2) is 9.59 Å². The van der Waals surface area contributed by atoms with Crippen molar-refractivity contribution < 1.29 is 24.5 Å². The maximum Gasteiger partial charge on any atom is 0.334 e. The summed E-state index contributed by atoms with van der Waals surface area (Å²) in [6.45, 7) is 1.76. The first-order valence-electron chi connectivity index (χ1n) is 4.41. The van der Waals surface area contributed by atoms with Gasteiger partial charge in [-0.2, -0.15) is 0 Å². The molecular weight excluding hydrogens is 204 g/mol. The highest BCUT2D eigenvalue weighted by atomic mass is 16.5. The predicted molar refractivity (Wildman–Crippen MR) is 51.5 cm³/mol. The van der Waals surface area contributed by atoms with Crippen molar-refractivity contribution in [2.45, 2.75) is 19.1 Å². The van der Waals surface area contributed by atoms with Gasteiger partial charge in [-0.15, -0.1) is 0 Å². The van der Waals surface area contributed by atoms with Crippen molar-refractivity contribution in [1.82, 2.24) is 10.6 Å². The molecule has 0 aliphatic carbocycles. The number of ether oxygens (including phenoxy) is 1. The van der Waals surface area contributed by atoms with Gasteiger partial charge in [0.2, 0.25) is 0 Å². The summed E-state index contributed by atoms with van der Waals surface area (Å²) in [6.07, 6.45) is -1.59. The monoisotopic (exact) mass is 220 g/mol. The number of carbonyl (C=O) groups is 2. The Labute approximate surface area is 87.4 Å². The van der Waals surface area contributed by atoms with E-state index in [1.165, 1.54) is 7.11 Å². The molecule has 15 heavy (non-hydrogen) atoms. The molecular formula is C8H16N2O5. The number of carbonyl (C=O) groups excluding carboxylic acids is 1. The van der Waals surface area contributed by atoms with Crippen LogP contribution in [0.3, 0.4) is 0 Å². The Morgan fingerprint density at radius 1 is 1.47 bits per heavy atom. The molecule has 0 aliphatic heterocycles. The van der Waals surface area contributed by atoms with E-state index in [-0.39, 0.29) is 12.6 Å². The second-order valence-corrected chi connectivity index (χ2v) is 3.06. The van der Waals surface area contributed by atoms with Crippen LogP contribution in [0.2, 0.25) is 0 Å². The van der Waals surface area contributed by atoms with Gasteiger partial charge in [0.1, 0.15) is 0 Å². The van der Waals surface area contributed by atoms with Crippen LogP contribution < -0.4 is 10.6 Å². The summed E-state index contributed by atoms with van der Waals surface area (Å²) < 4.78 is 4.78. The smallest absolute Gasteiger partial charge is 0.334 e. The number of aliphatic carboxylic acids is 1. The van der Waals surface area contributed by atoms with Crippen molar-refractivity contribution in [3.8, 4) is 0 Å². The molecule has 1 unspecified atom stereocenters. The lowest BCUT2D eigenvalue weighted by atomic mass is 10.3. The number of rotatable bonds is 6. The van der Waals surface area contributed by atoms with Gasteiger partial charge in [0.25, 0.3) is 0 Å². The molecule has 2 amide bonds. The first-order valence-corrected chi connectivity index (χ1v) is 4.41. The fraction of sp³-hybridized carbons (Fsp3) is 0.750. The van der Waals surface area contributed by atoms with Crippen LogP contribution in [-0.2, 0) is 9.53 Å². The molecule has 0 radical (unpaired) electrons. The van der Waals surface area contributed by atoms with Gasteiger partial charge in [0.15, 0.2) is 6.10 Å². The zero-order valence-electron chi connectivity index (χ0n) is 8.69. The Kier molecular flexibility index (Phi) is 6.39. The van der Waals surface area contributed by atoms with Gasteiger partial charge in [-0.1, -0.05) is 0 Å². The van der Waals surface area contributed by atoms with E-state index in [9.17, 15) is 9.59 Å². The summed E-state index contributed by atoms with van der Waals surface area (Å²) in [5.74, 6) is -1.37. The number of hydrogen-bond donors (Lipinski definition) is 4. The molecule has 0 bridgehead atoms. The van der Waals surface area contributed by atoms with Crippen LogP contribution in [0.1, 0.15) is 6.92 Å². The van der Waals surface area contributed by atoms with Gasteiger partial charge in [0.05, 0.1) is 19.2 Å². The lowest BCUT2D eigenvalue weighted by molar-refractivity contribution is -0.146. The molecule has 0 spiro atoms. The average Bonchev–Trinajstić information content (AvgIpc) is 2.14. The zero-order valence-corrected chi connectivity index (χ0v) is 8.69. The fourth-order valence-corrected chi connectivity index (χ4v) is 0.843. The number of methoxy groups -OCH3 is 1. The van der Waals surface area contributed by atoms with E-state index in [2.05, 4.69) is 10.6 Å². The summed E-state index contributed by atoms with van der Waals surface area (Å²) in [5.41, 5.74) is 0. The third-order valence-electron chi connectivity index (χ3n) is 1.54. The van der Waals surface area contributed by atoms with Crippen molar-refractivity contribution in [2.24, 2.45) is 0 Å². The second-order valence-electron chi connectivity index (χ2n) is 3.06. The SMILES string of the molecule is COCC(C)NC(=O)NC[C@H](O)C(=O)O. The van der Waals surface area contributed by atoms with Crippen molar-refractivity contribution >= 4 is 12.0 Å². The summed E-state index contributed by atoms with van der Waals surface area (Å²) in [5, 5.41) is 21.9. The molecule has 0 aliphatic rings. The molecule has 0 aromatic carbocycles. The highest BCUT2D eigenvalue weighted by molar-refractivity contribution is 5.76. The molecule has 0 rings (SSSR count). The first-order chi connectivity index (χ1) is 6.97.